The summed E-state index contributed by atoms with van der Waals surface area (Å²) < 4.78 is 1.38. The highest BCUT2D eigenvalue weighted by atomic mass is 32.1. The standard InChI is InChI=1S/C23H26N2S/c1-24(2)23(9-10-23)19-5-6-20-18(13-19)14-25(3)15-21(20)16-4-7-22-17(12-16)8-11-26-22/h4-8,11-13,21H,9-10,14-15H2,1-3H3. The third-order valence-electron chi connectivity index (χ3n) is 6.45. The van der Waals surface area contributed by atoms with Crippen LogP contribution >= 0.6 is 11.3 Å². The van der Waals surface area contributed by atoms with Crippen molar-refractivity contribution in [2.45, 2.75) is 30.8 Å². The van der Waals surface area contributed by atoms with Crippen molar-refractivity contribution in [3.8, 4) is 0 Å². The van der Waals surface area contributed by atoms with E-state index in [2.05, 4.69) is 78.8 Å². The number of hydrogen-bond donors (Lipinski definition) is 0. The summed E-state index contributed by atoms with van der Waals surface area (Å²) in [5.41, 5.74) is 6.28. The first-order chi connectivity index (χ1) is 12.6. The molecule has 1 saturated carbocycles. The van der Waals surface area contributed by atoms with Crippen LogP contribution in [0.25, 0.3) is 10.1 Å². The zero-order valence-corrected chi connectivity index (χ0v) is 16.6. The minimum Gasteiger partial charge on any atom is -0.301 e. The average Bonchev–Trinajstić information content (AvgIpc) is 3.32. The molecule has 2 heterocycles. The highest BCUT2D eigenvalue weighted by molar-refractivity contribution is 7.17. The van der Waals surface area contributed by atoms with Gasteiger partial charge in [0.1, 0.15) is 0 Å². The molecule has 0 bridgehead atoms. The fraction of sp³-hybridized carbons (Fsp3) is 0.391. The van der Waals surface area contributed by atoms with E-state index in [1.807, 2.05) is 11.3 Å². The molecule has 1 aliphatic heterocycles. The summed E-state index contributed by atoms with van der Waals surface area (Å²) in [4.78, 5) is 4.88. The van der Waals surface area contributed by atoms with Crippen molar-refractivity contribution >= 4 is 21.4 Å². The minimum absolute atomic E-state index is 0.288. The molecule has 1 aromatic heterocycles. The predicted molar refractivity (Wildman–Crippen MR) is 111 cm³/mol. The molecule has 3 heteroatoms. The van der Waals surface area contributed by atoms with Crippen molar-refractivity contribution in [1.82, 2.24) is 9.80 Å². The van der Waals surface area contributed by atoms with Gasteiger partial charge >= 0.3 is 0 Å². The summed E-state index contributed by atoms with van der Waals surface area (Å²) in [5.74, 6) is 0.469. The third kappa shape index (κ3) is 2.53. The van der Waals surface area contributed by atoms with E-state index in [1.54, 1.807) is 0 Å². The first-order valence-corrected chi connectivity index (χ1v) is 10.4. The van der Waals surface area contributed by atoms with Crippen LogP contribution in [-0.4, -0.2) is 37.5 Å². The van der Waals surface area contributed by atoms with Gasteiger partial charge in [-0.05, 0) is 85.2 Å². The van der Waals surface area contributed by atoms with Crippen LogP contribution in [0.4, 0.5) is 0 Å². The molecule has 0 saturated heterocycles. The molecule has 26 heavy (non-hydrogen) atoms. The molecule has 3 aromatic rings. The monoisotopic (exact) mass is 362 g/mol. The second-order valence-electron chi connectivity index (χ2n) is 8.31. The minimum atomic E-state index is 0.288. The first-order valence-electron chi connectivity index (χ1n) is 9.53. The largest absolute Gasteiger partial charge is 0.301 e. The Hall–Kier alpha value is -1.68. The van der Waals surface area contributed by atoms with Crippen molar-refractivity contribution in [3.05, 3.63) is 70.1 Å². The molecule has 134 valence electrons. The van der Waals surface area contributed by atoms with Gasteiger partial charge in [0, 0.05) is 29.2 Å². The summed E-state index contributed by atoms with van der Waals surface area (Å²) in [6.45, 7) is 2.16. The number of rotatable bonds is 3. The number of likely N-dealkylation sites (N-methyl/N-ethyl adjacent to an activating group) is 1. The summed E-state index contributed by atoms with van der Waals surface area (Å²) in [6.07, 6.45) is 2.57. The van der Waals surface area contributed by atoms with Crippen LogP contribution in [-0.2, 0) is 12.1 Å². The highest BCUT2D eigenvalue weighted by Crippen LogP contribution is 2.50. The Morgan fingerprint density at radius 1 is 1.08 bits per heavy atom. The second-order valence-corrected chi connectivity index (χ2v) is 9.25. The fourth-order valence-electron chi connectivity index (χ4n) is 4.74. The van der Waals surface area contributed by atoms with Gasteiger partial charge < -0.3 is 4.90 Å². The maximum Gasteiger partial charge on any atom is 0.0456 e. The number of benzene rings is 2. The normalized spacial score (nSPS) is 21.9. The number of fused-ring (bicyclic) bond motifs is 2. The number of nitrogens with zero attached hydrogens (tertiary/aromatic N) is 2. The van der Waals surface area contributed by atoms with Gasteiger partial charge in [0.15, 0.2) is 0 Å². The van der Waals surface area contributed by atoms with Crippen LogP contribution in [0, 0.1) is 0 Å². The smallest absolute Gasteiger partial charge is 0.0456 e. The molecule has 5 rings (SSSR count). The lowest BCUT2D eigenvalue weighted by molar-refractivity contribution is 0.272. The Labute approximate surface area is 160 Å². The third-order valence-corrected chi connectivity index (χ3v) is 7.35. The molecule has 2 aliphatic rings. The van der Waals surface area contributed by atoms with Gasteiger partial charge in [-0.15, -0.1) is 11.3 Å². The lowest BCUT2D eigenvalue weighted by Gasteiger charge is -2.34. The van der Waals surface area contributed by atoms with E-state index in [0.29, 0.717) is 5.92 Å². The van der Waals surface area contributed by atoms with E-state index in [0.717, 1.165) is 13.1 Å². The zero-order chi connectivity index (χ0) is 17.9. The van der Waals surface area contributed by atoms with Gasteiger partial charge in [-0.3, -0.25) is 4.90 Å². The van der Waals surface area contributed by atoms with Gasteiger partial charge in [-0.25, -0.2) is 0 Å². The molecule has 1 aliphatic carbocycles. The lowest BCUT2D eigenvalue weighted by Crippen LogP contribution is -2.32. The Morgan fingerprint density at radius 2 is 1.92 bits per heavy atom. The zero-order valence-electron chi connectivity index (χ0n) is 15.8. The molecule has 0 spiro atoms. The SMILES string of the molecule is CN1Cc2cc(C3(N(C)C)CC3)ccc2C(c2ccc3sccc3c2)C1. The van der Waals surface area contributed by atoms with E-state index < -0.39 is 0 Å². The Balaban J connectivity index is 1.57. The summed E-state index contributed by atoms with van der Waals surface area (Å²) in [5, 5.41) is 3.57. The maximum absolute atomic E-state index is 2.49. The van der Waals surface area contributed by atoms with Gasteiger partial charge in [-0.2, -0.15) is 0 Å². The number of thiophene rings is 1. The average molecular weight is 363 g/mol. The van der Waals surface area contributed by atoms with Crippen LogP contribution in [0.1, 0.15) is 41.0 Å². The van der Waals surface area contributed by atoms with Gasteiger partial charge in [0.2, 0.25) is 0 Å². The van der Waals surface area contributed by atoms with Crippen LogP contribution in [0.5, 0.6) is 0 Å². The molecule has 2 aromatic carbocycles. The Morgan fingerprint density at radius 3 is 2.69 bits per heavy atom. The predicted octanol–water partition coefficient (Wildman–Crippen LogP) is 5.03. The van der Waals surface area contributed by atoms with Gasteiger partial charge in [0.05, 0.1) is 0 Å². The van der Waals surface area contributed by atoms with E-state index in [1.165, 1.54) is 45.2 Å². The molecule has 2 nitrogen and oxygen atoms in total. The molecular weight excluding hydrogens is 336 g/mol. The molecular formula is C23H26N2S. The number of hydrogen-bond acceptors (Lipinski definition) is 3. The molecule has 1 fully saturated rings. The topological polar surface area (TPSA) is 6.48 Å². The van der Waals surface area contributed by atoms with E-state index >= 15 is 0 Å². The maximum atomic E-state index is 2.49. The quantitative estimate of drug-likeness (QED) is 0.645. The van der Waals surface area contributed by atoms with Crippen LogP contribution in [0.2, 0.25) is 0 Å². The van der Waals surface area contributed by atoms with Crippen molar-refractivity contribution in [1.29, 1.82) is 0 Å². The Bertz CT molecular complexity index is 967. The van der Waals surface area contributed by atoms with Crippen molar-refractivity contribution in [2.75, 3.05) is 27.7 Å². The van der Waals surface area contributed by atoms with Crippen LogP contribution < -0.4 is 0 Å². The molecule has 1 unspecified atom stereocenters. The second kappa shape index (κ2) is 5.91. The van der Waals surface area contributed by atoms with E-state index in [9.17, 15) is 0 Å². The lowest BCUT2D eigenvalue weighted by atomic mass is 9.83. The Kier molecular flexibility index (Phi) is 3.75. The molecule has 0 amide bonds. The summed E-state index contributed by atoms with van der Waals surface area (Å²) in [6, 6.07) is 16.6. The van der Waals surface area contributed by atoms with E-state index in [4.69, 9.17) is 0 Å². The van der Waals surface area contributed by atoms with Gasteiger partial charge in [-0.1, -0.05) is 24.3 Å². The van der Waals surface area contributed by atoms with Gasteiger partial charge in [0.25, 0.3) is 0 Å². The molecule has 0 N–H and O–H groups in total. The van der Waals surface area contributed by atoms with Crippen LogP contribution in [0.3, 0.4) is 0 Å². The fourth-order valence-corrected chi connectivity index (χ4v) is 5.51. The molecule has 1 atom stereocenters. The highest BCUT2D eigenvalue weighted by Gasteiger charge is 2.46. The summed E-state index contributed by atoms with van der Waals surface area (Å²) in [7, 11) is 6.69. The summed E-state index contributed by atoms with van der Waals surface area (Å²) >= 11 is 1.83. The van der Waals surface area contributed by atoms with E-state index in [-0.39, 0.29) is 5.54 Å². The van der Waals surface area contributed by atoms with Crippen molar-refractivity contribution in [2.24, 2.45) is 0 Å². The van der Waals surface area contributed by atoms with Crippen molar-refractivity contribution in [3.63, 3.8) is 0 Å². The van der Waals surface area contributed by atoms with Crippen molar-refractivity contribution < 1.29 is 0 Å². The van der Waals surface area contributed by atoms with Crippen LogP contribution in [0.15, 0.2) is 47.8 Å². The first kappa shape index (κ1) is 16.5. The molecule has 0 radical (unpaired) electrons.